The molecular formula is C28H38ClN5O3. The molecule has 2 N–H and O–H groups in total. The van der Waals surface area contributed by atoms with E-state index in [1.165, 1.54) is 11.1 Å². The number of halogens is 1. The number of nitrogens with zero attached hydrogens (tertiary/aromatic N) is 3. The van der Waals surface area contributed by atoms with E-state index in [9.17, 15) is 14.9 Å². The Morgan fingerprint density at radius 3 is 2.49 bits per heavy atom. The van der Waals surface area contributed by atoms with Gasteiger partial charge in [0.25, 0.3) is 0 Å². The highest BCUT2D eigenvalue weighted by Gasteiger charge is 2.28. The minimum absolute atomic E-state index is 0. The molecule has 200 valence electrons. The van der Waals surface area contributed by atoms with Gasteiger partial charge in [-0.3, -0.25) is 14.9 Å². The first-order valence-electron chi connectivity index (χ1n) is 12.4. The molecule has 3 rings (SSSR count). The standard InChI is InChI=1S/C28H37N5O3.ClH/c1-19(2)31-10-11-33(26-12-21(16-29)7-6-20(26)3)28(35)18-30-17-27(34)32(4)24-13-22-8-9-25(36-5)15-23(22)14-24;/h6-9,12,15,19,24,30-31H,10-11,13-14,17-18H2,1-5H3;1H. The number of aryl methyl sites for hydroxylation is 1. The van der Waals surface area contributed by atoms with Crippen molar-refractivity contribution in [3.8, 4) is 11.8 Å². The molecule has 0 heterocycles. The normalized spacial score (nSPS) is 13.9. The van der Waals surface area contributed by atoms with Gasteiger partial charge < -0.3 is 19.9 Å². The number of anilines is 1. The van der Waals surface area contributed by atoms with Gasteiger partial charge in [-0.25, -0.2) is 0 Å². The molecule has 0 saturated heterocycles. The van der Waals surface area contributed by atoms with Crippen molar-refractivity contribution in [2.24, 2.45) is 0 Å². The van der Waals surface area contributed by atoms with Crippen LogP contribution in [0.4, 0.5) is 5.69 Å². The number of carbonyl (C=O) groups excluding carboxylic acids is 2. The Hall–Kier alpha value is -3.12. The molecule has 0 saturated carbocycles. The molecule has 1 atom stereocenters. The maximum atomic E-state index is 13.2. The first kappa shape index (κ1) is 30.1. The van der Waals surface area contributed by atoms with E-state index in [4.69, 9.17) is 4.74 Å². The summed E-state index contributed by atoms with van der Waals surface area (Å²) in [5, 5.41) is 15.7. The lowest BCUT2D eigenvalue weighted by molar-refractivity contribution is -0.130. The number of hydrogen-bond acceptors (Lipinski definition) is 6. The van der Waals surface area contributed by atoms with Gasteiger partial charge in [0.1, 0.15) is 5.75 Å². The van der Waals surface area contributed by atoms with Crippen molar-refractivity contribution in [1.29, 1.82) is 5.26 Å². The Bertz CT molecular complexity index is 1130. The smallest absolute Gasteiger partial charge is 0.241 e. The van der Waals surface area contributed by atoms with Crippen LogP contribution in [0.25, 0.3) is 0 Å². The Balaban J connectivity index is 0.00000481. The molecule has 0 bridgehead atoms. The number of methoxy groups -OCH3 is 1. The van der Waals surface area contributed by atoms with E-state index in [1.807, 2.05) is 32.2 Å². The van der Waals surface area contributed by atoms with E-state index >= 15 is 0 Å². The number of benzene rings is 2. The molecule has 0 spiro atoms. The highest BCUT2D eigenvalue weighted by atomic mass is 35.5. The molecule has 1 aliphatic carbocycles. The average molecular weight is 528 g/mol. The van der Waals surface area contributed by atoms with Crippen LogP contribution in [0.3, 0.4) is 0 Å². The van der Waals surface area contributed by atoms with Gasteiger partial charge in [-0.15, -0.1) is 12.4 Å². The zero-order chi connectivity index (χ0) is 26.2. The molecule has 1 unspecified atom stereocenters. The fourth-order valence-electron chi connectivity index (χ4n) is 4.49. The zero-order valence-electron chi connectivity index (χ0n) is 22.3. The third kappa shape index (κ3) is 7.93. The highest BCUT2D eigenvalue weighted by molar-refractivity contribution is 5.96. The molecule has 0 radical (unpaired) electrons. The summed E-state index contributed by atoms with van der Waals surface area (Å²) >= 11 is 0. The van der Waals surface area contributed by atoms with Crippen LogP contribution >= 0.6 is 12.4 Å². The summed E-state index contributed by atoms with van der Waals surface area (Å²) in [6, 6.07) is 13.9. The van der Waals surface area contributed by atoms with E-state index in [0.717, 1.165) is 24.2 Å². The van der Waals surface area contributed by atoms with Gasteiger partial charge in [-0.2, -0.15) is 5.26 Å². The molecule has 0 aromatic heterocycles. The van der Waals surface area contributed by atoms with Crippen molar-refractivity contribution in [3.63, 3.8) is 0 Å². The molecule has 37 heavy (non-hydrogen) atoms. The van der Waals surface area contributed by atoms with Crippen molar-refractivity contribution < 1.29 is 14.3 Å². The number of nitriles is 1. The molecule has 0 fully saturated rings. The maximum absolute atomic E-state index is 13.2. The summed E-state index contributed by atoms with van der Waals surface area (Å²) in [5.41, 5.74) is 4.59. The molecule has 2 amide bonds. The van der Waals surface area contributed by atoms with Crippen LogP contribution in [0.15, 0.2) is 36.4 Å². The van der Waals surface area contributed by atoms with Crippen molar-refractivity contribution in [2.45, 2.75) is 45.7 Å². The third-order valence-electron chi connectivity index (χ3n) is 6.64. The Morgan fingerprint density at radius 2 is 1.81 bits per heavy atom. The van der Waals surface area contributed by atoms with Gasteiger partial charge in [0.15, 0.2) is 0 Å². The lowest BCUT2D eigenvalue weighted by Gasteiger charge is -2.27. The first-order chi connectivity index (χ1) is 17.2. The van der Waals surface area contributed by atoms with Crippen LogP contribution in [0.1, 0.15) is 36.1 Å². The average Bonchev–Trinajstić information content (AvgIpc) is 3.29. The van der Waals surface area contributed by atoms with E-state index in [-0.39, 0.29) is 43.4 Å². The highest BCUT2D eigenvalue weighted by Crippen LogP contribution is 2.28. The van der Waals surface area contributed by atoms with Gasteiger partial charge in [0.05, 0.1) is 31.8 Å². The molecule has 9 heteroatoms. The zero-order valence-corrected chi connectivity index (χ0v) is 23.2. The monoisotopic (exact) mass is 527 g/mol. The van der Waals surface area contributed by atoms with Crippen LogP contribution in [0.2, 0.25) is 0 Å². The van der Waals surface area contributed by atoms with Gasteiger partial charge in [-0.05, 0) is 60.7 Å². The van der Waals surface area contributed by atoms with Gasteiger partial charge in [0, 0.05) is 37.9 Å². The number of rotatable bonds is 11. The number of amides is 2. The van der Waals surface area contributed by atoms with E-state index in [2.05, 4.69) is 36.6 Å². The van der Waals surface area contributed by atoms with Crippen LogP contribution in [-0.4, -0.2) is 69.1 Å². The predicted molar refractivity (Wildman–Crippen MR) is 148 cm³/mol. The third-order valence-corrected chi connectivity index (χ3v) is 6.64. The number of ether oxygens (including phenoxy) is 1. The number of hydrogen-bond donors (Lipinski definition) is 2. The minimum atomic E-state index is -0.144. The van der Waals surface area contributed by atoms with Crippen LogP contribution in [0.5, 0.6) is 5.75 Å². The molecule has 0 aliphatic heterocycles. The quantitative estimate of drug-likeness (QED) is 0.466. The summed E-state index contributed by atoms with van der Waals surface area (Å²) in [6.45, 7) is 7.22. The van der Waals surface area contributed by atoms with Gasteiger partial charge in [0.2, 0.25) is 11.8 Å². The van der Waals surface area contributed by atoms with Gasteiger partial charge in [-0.1, -0.05) is 26.0 Å². The maximum Gasteiger partial charge on any atom is 0.241 e. The number of nitrogens with one attached hydrogen (secondary N) is 2. The lowest BCUT2D eigenvalue weighted by atomic mass is 10.1. The lowest BCUT2D eigenvalue weighted by Crippen LogP contribution is -2.46. The van der Waals surface area contributed by atoms with Crippen molar-refractivity contribution in [3.05, 3.63) is 58.7 Å². The van der Waals surface area contributed by atoms with E-state index < -0.39 is 0 Å². The summed E-state index contributed by atoms with van der Waals surface area (Å²) in [6.07, 6.45) is 1.60. The molecule has 2 aromatic rings. The minimum Gasteiger partial charge on any atom is -0.497 e. The summed E-state index contributed by atoms with van der Waals surface area (Å²) < 4.78 is 5.32. The Kier molecular flexibility index (Phi) is 11.4. The predicted octanol–water partition coefficient (Wildman–Crippen LogP) is 2.84. The van der Waals surface area contributed by atoms with Crippen LogP contribution in [-0.2, 0) is 22.4 Å². The number of carbonyl (C=O) groups is 2. The summed E-state index contributed by atoms with van der Waals surface area (Å²) in [4.78, 5) is 29.5. The fourth-order valence-corrected chi connectivity index (χ4v) is 4.49. The Labute approximate surface area is 226 Å². The largest absolute Gasteiger partial charge is 0.497 e. The molecule has 2 aromatic carbocycles. The fraction of sp³-hybridized carbons (Fsp3) is 0.464. The van der Waals surface area contributed by atoms with E-state index in [1.54, 1.807) is 29.0 Å². The van der Waals surface area contributed by atoms with Gasteiger partial charge >= 0.3 is 0 Å². The summed E-state index contributed by atoms with van der Waals surface area (Å²) in [7, 11) is 3.47. The topological polar surface area (TPSA) is 97.7 Å². The molecule has 8 nitrogen and oxygen atoms in total. The van der Waals surface area contributed by atoms with Crippen LogP contribution < -0.4 is 20.3 Å². The first-order valence-corrected chi connectivity index (χ1v) is 12.4. The SMILES string of the molecule is COc1ccc2c(c1)CC(N(C)C(=O)CNCC(=O)N(CCNC(C)C)c1cc(C#N)ccc1C)C2.Cl. The summed E-state index contributed by atoms with van der Waals surface area (Å²) in [5.74, 6) is 0.630. The van der Waals surface area contributed by atoms with Crippen molar-refractivity contribution >= 4 is 29.9 Å². The Morgan fingerprint density at radius 1 is 1.11 bits per heavy atom. The second-order valence-electron chi connectivity index (χ2n) is 9.57. The second-order valence-corrected chi connectivity index (χ2v) is 9.57. The van der Waals surface area contributed by atoms with Crippen LogP contribution in [0, 0.1) is 18.3 Å². The number of likely N-dealkylation sites (N-methyl/N-ethyl adjacent to an activating group) is 1. The number of fused-ring (bicyclic) bond motifs is 1. The second kappa shape index (κ2) is 14.0. The molecular weight excluding hydrogens is 490 g/mol. The molecule has 1 aliphatic rings. The van der Waals surface area contributed by atoms with Crippen molar-refractivity contribution in [1.82, 2.24) is 15.5 Å². The van der Waals surface area contributed by atoms with E-state index in [0.29, 0.717) is 30.4 Å². The van der Waals surface area contributed by atoms with Crippen molar-refractivity contribution in [2.75, 3.05) is 45.2 Å².